The molecule has 3 aromatic rings. The van der Waals surface area contributed by atoms with Gasteiger partial charge in [-0.2, -0.15) is 13.2 Å². The summed E-state index contributed by atoms with van der Waals surface area (Å²) in [6, 6.07) is 6.01. The van der Waals surface area contributed by atoms with Gasteiger partial charge in [-0.05, 0) is 17.7 Å². The summed E-state index contributed by atoms with van der Waals surface area (Å²) < 4.78 is 47.2. The number of carbonyl (C=O) groups excluding carboxylic acids is 1. The molecule has 0 saturated heterocycles. The Morgan fingerprint density at radius 3 is 2.45 bits per heavy atom. The van der Waals surface area contributed by atoms with E-state index < -0.39 is 24.0 Å². The summed E-state index contributed by atoms with van der Waals surface area (Å²) in [4.78, 5) is 24.8. The van der Waals surface area contributed by atoms with Crippen LogP contribution in [-0.4, -0.2) is 42.9 Å². The van der Waals surface area contributed by atoms with Crippen LogP contribution in [-0.2, 0) is 24.4 Å². The van der Waals surface area contributed by atoms with Crippen molar-refractivity contribution in [3.63, 3.8) is 0 Å². The number of fused-ring (bicyclic) bond motifs is 1. The maximum absolute atomic E-state index is 13.8. The van der Waals surface area contributed by atoms with Crippen LogP contribution in [0.2, 0.25) is 0 Å². The zero-order valence-electron chi connectivity index (χ0n) is 15.7. The Bertz CT molecular complexity index is 1060. The van der Waals surface area contributed by atoms with Gasteiger partial charge in [-0.15, -0.1) is 10.2 Å². The van der Waals surface area contributed by atoms with Gasteiger partial charge in [-0.25, -0.2) is 19.0 Å². The van der Waals surface area contributed by atoms with Crippen molar-refractivity contribution in [2.45, 2.75) is 25.8 Å². The topological polar surface area (TPSA) is 148 Å². The number of halogens is 4. The summed E-state index contributed by atoms with van der Waals surface area (Å²) in [5.41, 5.74) is 6.54. The Morgan fingerprint density at radius 1 is 1.16 bits per heavy atom. The molecule has 3 rings (SSSR count). The van der Waals surface area contributed by atoms with Gasteiger partial charge in [0.25, 0.3) is 5.78 Å². The van der Waals surface area contributed by atoms with E-state index in [0.29, 0.717) is 22.7 Å². The van der Waals surface area contributed by atoms with Crippen LogP contribution in [0.3, 0.4) is 0 Å². The predicted molar refractivity (Wildman–Crippen MR) is 97.8 cm³/mol. The number of nitrogens with two attached hydrogens (primary N) is 1. The highest BCUT2D eigenvalue weighted by molar-refractivity contribution is 5.73. The molecule has 0 spiro atoms. The van der Waals surface area contributed by atoms with E-state index in [1.807, 2.05) is 0 Å². The molecular formula is C17H17F4N7O3. The number of aromatic nitrogens is 4. The Balaban J connectivity index is 0.000000423. The van der Waals surface area contributed by atoms with Crippen molar-refractivity contribution in [1.29, 1.82) is 0 Å². The number of rotatable bonds is 5. The number of carboxylic acid groups (broad SMARTS) is 1. The Kier molecular flexibility index (Phi) is 7.79. The van der Waals surface area contributed by atoms with Crippen molar-refractivity contribution >= 4 is 17.8 Å². The van der Waals surface area contributed by atoms with Crippen molar-refractivity contribution in [2.24, 2.45) is 5.73 Å². The van der Waals surface area contributed by atoms with Gasteiger partial charge in [0.05, 0.1) is 6.54 Å². The van der Waals surface area contributed by atoms with Gasteiger partial charge in [0.15, 0.2) is 5.82 Å². The average Bonchev–Trinajstić information content (AvgIpc) is 3.14. The number of nitrogens with one attached hydrogen (secondary N) is 2. The molecule has 0 radical (unpaired) electrons. The van der Waals surface area contributed by atoms with Gasteiger partial charge in [0, 0.05) is 31.0 Å². The number of urea groups is 1. The lowest BCUT2D eigenvalue weighted by Crippen LogP contribution is -2.35. The fourth-order valence-electron chi connectivity index (χ4n) is 2.17. The molecule has 166 valence electrons. The molecule has 2 aromatic heterocycles. The zero-order valence-corrected chi connectivity index (χ0v) is 15.7. The highest BCUT2D eigenvalue weighted by atomic mass is 19.4. The molecule has 10 nitrogen and oxygen atoms in total. The number of carboxylic acids is 1. The van der Waals surface area contributed by atoms with Crippen LogP contribution in [0, 0.1) is 5.82 Å². The lowest BCUT2D eigenvalue weighted by Gasteiger charge is -2.08. The Labute approximate surface area is 172 Å². The molecule has 0 aliphatic carbocycles. The summed E-state index contributed by atoms with van der Waals surface area (Å²) in [6.07, 6.45) is -1.72. The molecule has 14 heteroatoms. The highest BCUT2D eigenvalue weighted by Gasteiger charge is 2.38. The van der Waals surface area contributed by atoms with Crippen molar-refractivity contribution < 1.29 is 32.3 Å². The Hall–Kier alpha value is -3.81. The molecule has 2 amide bonds. The molecule has 0 bridgehead atoms. The van der Waals surface area contributed by atoms with Crippen molar-refractivity contribution in [1.82, 2.24) is 30.2 Å². The second kappa shape index (κ2) is 10.3. The van der Waals surface area contributed by atoms with E-state index in [0.717, 1.165) is 0 Å². The number of hydrogen-bond donors (Lipinski definition) is 4. The number of nitrogens with zero attached hydrogens (tertiary/aromatic N) is 4. The normalized spacial score (nSPS) is 10.9. The summed E-state index contributed by atoms with van der Waals surface area (Å²) in [5.74, 6) is -2.15. The van der Waals surface area contributed by atoms with Crippen LogP contribution in [0.25, 0.3) is 5.78 Å². The van der Waals surface area contributed by atoms with Gasteiger partial charge < -0.3 is 21.5 Å². The molecule has 1 aromatic carbocycles. The van der Waals surface area contributed by atoms with Gasteiger partial charge in [-0.1, -0.05) is 12.1 Å². The summed E-state index contributed by atoms with van der Waals surface area (Å²) in [7, 11) is 0. The third kappa shape index (κ3) is 6.88. The molecule has 31 heavy (non-hydrogen) atoms. The first-order valence-corrected chi connectivity index (χ1v) is 8.55. The van der Waals surface area contributed by atoms with Crippen LogP contribution < -0.4 is 16.4 Å². The summed E-state index contributed by atoms with van der Waals surface area (Å²) >= 11 is 0. The smallest absolute Gasteiger partial charge is 0.475 e. The summed E-state index contributed by atoms with van der Waals surface area (Å²) in [5, 5.41) is 20.2. The molecular weight excluding hydrogens is 426 g/mol. The monoisotopic (exact) mass is 443 g/mol. The second-order valence-corrected chi connectivity index (χ2v) is 5.87. The van der Waals surface area contributed by atoms with E-state index in [4.69, 9.17) is 15.6 Å². The third-order valence-electron chi connectivity index (χ3n) is 3.70. The zero-order chi connectivity index (χ0) is 23.0. The first kappa shape index (κ1) is 23.5. The average molecular weight is 443 g/mol. The minimum Gasteiger partial charge on any atom is -0.475 e. The van der Waals surface area contributed by atoms with Gasteiger partial charge in [-0.3, -0.25) is 4.40 Å². The lowest BCUT2D eigenvalue weighted by molar-refractivity contribution is -0.192. The number of alkyl halides is 3. The van der Waals surface area contributed by atoms with Crippen LogP contribution in [0.5, 0.6) is 0 Å². The molecule has 5 N–H and O–H groups in total. The SMILES string of the molecule is NCc1ccc(CNC(=O)NCc2nnc3ncccn23)c(F)c1.O=C(O)C(F)(F)F. The van der Waals surface area contributed by atoms with E-state index in [-0.39, 0.29) is 19.6 Å². The number of aliphatic carboxylic acids is 1. The molecule has 0 aliphatic rings. The first-order chi connectivity index (χ1) is 14.6. The maximum atomic E-state index is 13.8. The standard InChI is InChI=1S/C15H16FN7O.C2HF3O2/c16-12-6-10(7-17)2-3-11(12)8-19-15(24)20-9-13-21-22-14-18-4-1-5-23(13)14;3-2(4,5)1(6)7/h1-6H,7-9,17H2,(H2,19,20,24);(H,6,7). The lowest BCUT2D eigenvalue weighted by atomic mass is 10.1. The van der Waals surface area contributed by atoms with E-state index in [9.17, 15) is 22.4 Å². The highest BCUT2D eigenvalue weighted by Crippen LogP contribution is 2.13. The summed E-state index contributed by atoms with van der Waals surface area (Å²) in [6.45, 7) is 0.518. The molecule has 0 fully saturated rings. The van der Waals surface area contributed by atoms with E-state index in [1.54, 1.807) is 35.0 Å². The fourth-order valence-corrected chi connectivity index (χ4v) is 2.17. The van der Waals surface area contributed by atoms with Crippen LogP contribution >= 0.6 is 0 Å². The van der Waals surface area contributed by atoms with E-state index in [1.165, 1.54) is 6.07 Å². The third-order valence-corrected chi connectivity index (χ3v) is 3.70. The quantitative estimate of drug-likeness (QED) is 0.435. The largest absolute Gasteiger partial charge is 0.490 e. The fraction of sp³-hybridized carbons (Fsp3) is 0.235. The van der Waals surface area contributed by atoms with Gasteiger partial charge in [0.2, 0.25) is 0 Å². The molecule has 0 saturated carbocycles. The number of carbonyl (C=O) groups is 2. The van der Waals surface area contributed by atoms with Crippen molar-refractivity contribution in [3.05, 3.63) is 59.4 Å². The first-order valence-electron chi connectivity index (χ1n) is 8.55. The van der Waals surface area contributed by atoms with Gasteiger partial charge in [0.1, 0.15) is 5.82 Å². The molecule has 0 atom stereocenters. The van der Waals surface area contributed by atoms with E-state index >= 15 is 0 Å². The predicted octanol–water partition coefficient (Wildman–Crippen LogP) is 1.35. The van der Waals surface area contributed by atoms with E-state index in [2.05, 4.69) is 25.8 Å². The van der Waals surface area contributed by atoms with Crippen LogP contribution in [0.15, 0.2) is 36.7 Å². The van der Waals surface area contributed by atoms with Crippen molar-refractivity contribution in [2.75, 3.05) is 0 Å². The number of hydrogen-bond acceptors (Lipinski definition) is 6. The Morgan fingerprint density at radius 2 is 1.84 bits per heavy atom. The van der Waals surface area contributed by atoms with Crippen molar-refractivity contribution in [3.8, 4) is 0 Å². The second-order valence-electron chi connectivity index (χ2n) is 5.87. The number of benzene rings is 1. The van der Waals surface area contributed by atoms with Crippen LogP contribution in [0.1, 0.15) is 17.0 Å². The molecule has 0 aliphatic heterocycles. The van der Waals surface area contributed by atoms with Gasteiger partial charge >= 0.3 is 18.2 Å². The maximum Gasteiger partial charge on any atom is 0.490 e. The molecule has 0 unspecified atom stereocenters. The minimum atomic E-state index is -5.08. The number of amides is 2. The molecule has 2 heterocycles. The minimum absolute atomic E-state index is 0.0741. The van der Waals surface area contributed by atoms with Crippen LogP contribution in [0.4, 0.5) is 22.4 Å².